The van der Waals surface area contributed by atoms with E-state index in [-0.39, 0.29) is 0 Å². The van der Waals surface area contributed by atoms with E-state index in [0.29, 0.717) is 39.6 Å². The summed E-state index contributed by atoms with van der Waals surface area (Å²) < 4.78 is 57.6. The molecule has 0 amide bonds. The van der Waals surface area contributed by atoms with E-state index in [2.05, 4.69) is 41.5 Å². The minimum Gasteiger partial charge on any atom is -0.352 e. The summed E-state index contributed by atoms with van der Waals surface area (Å²) in [5, 5.41) is 0. The first kappa shape index (κ1) is 34.3. The van der Waals surface area contributed by atoms with Crippen molar-refractivity contribution in [2.75, 3.05) is 39.6 Å². The van der Waals surface area contributed by atoms with E-state index in [9.17, 15) is 0 Å². The second-order valence-corrected chi connectivity index (χ2v) is 16.2. The Morgan fingerprint density at radius 1 is 0.333 bits per heavy atom. The maximum Gasteiger partial charge on any atom is 0.668 e. The van der Waals surface area contributed by atoms with Crippen molar-refractivity contribution >= 4 is 27.1 Å². The standard InChI is InChI=1S/C24H54O9Si3/c1-7-13-19-25-34(26-20-14-8-2)31-35(27-21-15-9-3,28-22-16-10-4)33-36(32-34,29-23-17-11-5)30-24-18-12-6/h7-24H2,1-6H3. The van der Waals surface area contributed by atoms with Crippen LogP contribution < -0.4 is 0 Å². The van der Waals surface area contributed by atoms with Gasteiger partial charge in [0.1, 0.15) is 0 Å². The fourth-order valence-electron chi connectivity index (χ4n) is 3.05. The second-order valence-electron chi connectivity index (χ2n) is 9.02. The zero-order chi connectivity index (χ0) is 26.6. The molecular weight excluding hydrogens is 517 g/mol. The normalized spacial score (nSPS) is 18.5. The molecule has 0 radical (unpaired) electrons. The third-order valence-electron chi connectivity index (χ3n) is 5.41. The first-order chi connectivity index (χ1) is 17.5. The van der Waals surface area contributed by atoms with Gasteiger partial charge in [-0.15, -0.1) is 0 Å². The minimum atomic E-state index is -3.77. The molecule has 1 heterocycles. The lowest BCUT2D eigenvalue weighted by Gasteiger charge is -2.46. The van der Waals surface area contributed by atoms with E-state index < -0.39 is 27.1 Å². The Bertz CT molecular complexity index is 418. The van der Waals surface area contributed by atoms with Gasteiger partial charge in [0.05, 0.1) is 0 Å². The number of rotatable bonds is 24. The topological polar surface area (TPSA) is 83.1 Å². The molecule has 1 aliphatic heterocycles. The molecule has 216 valence electrons. The third kappa shape index (κ3) is 12.9. The van der Waals surface area contributed by atoms with Crippen molar-refractivity contribution in [3.05, 3.63) is 0 Å². The Balaban J connectivity index is 3.44. The zero-order valence-corrected chi connectivity index (χ0v) is 26.9. The van der Waals surface area contributed by atoms with Crippen molar-refractivity contribution in [2.24, 2.45) is 0 Å². The second kappa shape index (κ2) is 20.2. The van der Waals surface area contributed by atoms with Crippen molar-refractivity contribution in [1.29, 1.82) is 0 Å². The van der Waals surface area contributed by atoms with E-state index in [1.807, 2.05) is 0 Å². The highest BCUT2D eigenvalue weighted by molar-refractivity contribution is 6.82. The van der Waals surface area contributed by atoms with Crippen LogP contribution in [-0.4, -0.2) is 66.8 Å². The molecule has 0 N–H and O–H groups in total. The summed E-state index contributed by atoms with van der Waals surface area (Å²) in [4.78, 5) is 0. The first-order valence-electron chi connectivity index (χ1n) is 14.4. The number of unbranched alkanes of at least 4 members (excludes halogenated alkanes) is 6. The van der Waals surface area contributed by atoms with Crippen LogP contribution in [0.2, 0.25) is 0 Å². The van der Waals surface area contributed by atoms with Crippen molar-refractivity contribution < 1.29 is 38.9 Å². The Morgan fingerprint density at radius 2 is 0.500 bits per heavy atom. The van der Waals surface area contributed by atoms with Crippen LogP contribution in [0.3, 0.4) is 0 Å². The summed E-state index contributed by atoms with van der Waals surface area (Å²) in [5.74, 6) is 0. The Kier molecular flexibility index (Phi) is 19.3. The highest BCUT2D eigenvalue weighted by Crippen LogP contribution is 2.36. The summed E-state index contributed by atoms with van der Waals surface area (Å²) in [6.07, 6.45) is 10.9. The van der Waals surface area contributed by atoms with Crippen LogP contribution in [0, 0.1) is 0 Å². The van der Waals surface area contributed by atoms with Crippen molar-refractivity contribution in [1.82, 2.24) is 0 Å². The summed E-state index contributed by atoms with van der Waals surface area (Å²) in [6, 6.07) is 0. The van der Waals surface area contributed by atoms with E-state index in [0.717, 1.165) is 77.0 Å². The molecule has 0 bridgehead atoms. The predicted molar refractivity (Wildman–Crippen MR) is 146 cm³/mol. The van der Waals surface area contributed by atoms with Crippen LogP contribution >= 0.6 is 0 Å². The largest absolute Gasteiger partial charge is 0.668 e. The van der Waals surface area contributed by atoms with E-state index >= 15 is 0 Å². The molecule has 9 nitrogen and oxygen atoms in total. The van der Waals surface area contributed by atoms with Crippen molar-refractivity contribution in [3.63, 3.8) is 0 Å². The average Bonchev–Trinajstić information content (AvgIpc) is 2.85. The van der Waals surface area contributed by atoms with Gasteiger partial charge in [-0.1, -0.05) is 80.1 Å². The van der Waals surface area contributed by atoms with Crippen LogP contribution in [0.5, 0.6) is 0 Å². The molecule has 36 heavy (non-hydrogen) atoms. The van der Waals surface area contributed by atoms with Gasteiger partial charge in [-0.3, -0.25) is 0 Å². The maximum absolute atomic E-state index is 6.54. The molecule has 0 unspecified atom stereocenters. The fraction of sp³-hybridized carbons (Fsp3) is 1.00. The van der Waals surface area contributed by atoms with Gasteiger partial charge in [0.2, 0.25) is 0 Å². The lowest BCUT2D eigenvalue weighted by molar-refractivity contribution is -0.113. The summed E-state index contributed by atoms with van der Waals surface area (Å²) in [6.45, 7) is 15.3. The molecule has 1 aliphatic rings. The Morgan fingerprint density at radius 3 is 0.639 bits per heavy atom. The fourth-order valence-corrected chi connectivity index (χ4v) is 13.8. The molecule has 0 atom stereocenters. The molecular formula is C24H54O9Si3. The highest BCUT2D eigenvalue weighted by atomic mass is 28.6. The van der Waals surface area contributed by atoms with Gasteiger partial charge < -0.3 is 38.9 Å². The van der Waals surface area contributed by atoms with E-state index in [4.69, 9.17) is 38.9 Å². The van der Waals surface area contributed by atoms with Gasteiger partial charge in [-0.2, -0.15) is 0 Å². The van der Waals surface area contributed by atoms with E-state index in [1.165, 1.54) is 0 Å². The van der Waals surface area contributed by atoms with Crippen LogP contribution in [0.25, 0.3) is 0 Å². The number of hydrogen-bond donors (Lipinski definition) is 0. The third-order valence-corrected chi connectivity index (χ3v) is 14.8. The number of hydrogen-bond acceptors (Lipinski definition) is 9. The molecule has 0 aromatic rings. The van der Waals surface area contributed by atoms with Gasteiger partial charge in [0.25, 0.3) is 0 Å². The lowest BCUT2D eigenvalue weighted by atomic mass is 10.4. The Hall–Kier alpha value is 0.291. The minimum absolute atomic E-state index is 0.442. The van der Waals surface area contributed by atoms with Gasteiger partial charge in [0, 0.05) is 39.6 Å². The molecule has 0 aromatic heterocycles. The Labute approximate surface area is 224 Å². The smallest absolute Gasteiger partial charge is 0.352 e. The van der Waals surface area contributed by atoms with Crippen molar-refractivity contribution in [3.8, 4) is 0 Å². The van der Waals surface area contributed by atoms with Gasteiger partial charge in [-0.05, 0) is 38.5 Å². The highest BCUT2D eigenvalue weighted by Gasteiger charge is 2.74. The first-order valence-corrected chi connectivity index (χ1v) is 19.3. The molecule has 1 saturated heterocycles. The average molecular weight is 571 g/mol. The quantitative estimate of drug-likeness (QED) is 0.0986. The van der Waals surface area contributed by atoms with Gasteiger partial charge in [-0.25, -0.2) is 0 Å². The van der Waals surface area contributed by atoms with Crippen LogP contribution in [0.15, 0.2) is 0 Å². The molecule has 0 saturated carbocycles. The molecule has 0 spiro atoms. The molecule has 0 aromatic carbocycles. The van der Waals surface area contributed by atoms with Crippen LogP contribution in [-0.2, 0) is 38.9 Å². The van der Waals surface area contributed by atoms with Gasteiger partial charge >= 0.3 is 27.1 Å². The molecule has 1 fully saturated rings. The zero-order valence-electron chi connectivity index (χ0n) is 23.9. The molecule has 1 rings (SSSR count). The SMILES string of the molecule is CCCCO[Si]1(OCCCC)O[Si](OCCCC)(OCCCC)O[Si](OCCCC)(OCCCC)O1. The van der Waals surface area contributed by atoms with E-state index in [1.54, 1.807) is 0 Å². The van der Waals surface area contributed by atoms with Crippen molar-refractivity contribution in [2.45, 2.75) is 119 Å². The molecule has 12 heteroatoms. The summed E-state index contributed by atoms with van der Waals surface area (Å²) in [7, 11) is -11.3. The lowest BCUT2D eigenvalue weighted by Crippen LogP contribution is -2.76. The monoisotopic (exact) mass is 570 g/mol. The van der Waals surface area contributed by atoms with Gasteiger partial charge in [0.15, 0.2) is 0 Å². The summed E-state index contributed by atoms with van der Waals surface area (Å²) in [5.41, 5.74) is 0. The predicted octanol–water partition coefficient (Wildman–Crippen LogP) is 6.26. The van der Waals surface area contributed by atoms with Crippen LogP contribution in [0.4, 0.5) is 0 Å². The molecule has 0 aliphatic carbocycles. The summed E-state index contributed by atoms with van der Waals surface area (Å²) >= 11 is 0. The maximum atomic E-state index is 6.54. The van der Waals surface area contributed by atoms with Crippen LogP contribution in [0.1, 0.15) is 119 Å².